The highest BCUT2D eigenvalue weighted by atomic mass is 16.6. The van der Waals surface area contributed by atoms with E-state index in [-0.39, 0.29) is 12.6 Å². The molecule has 1 aliphatic heterocycles. The maximum absolute atomic E-state index is 11.9. The number of aliphatic hydroxyl groups excluding tert-OH is 1. The van der Waals surface area contributed by atoms with Gasteiger partial charge in [-0.05, 0) is 27.7 Å². The van der Waals surface area contributed by atoms with Crippen LogP contribution in [0.15, 0.2) is 4.99 Å². The number of hydrogen-bond donors (Lipinski definition) is 1. The number of hydrogen-bond acceptors (Lipinski definition) is 5. The molecule has 0 bridgehead atoms. The summed E-state index contributed by atoms with van der Waals surface area (Å²) in [4.78, 5) is 17.9. The molecular formula is C12H22N2O3. The molecule has 1 heterocycles. The lowest BCUT2D eigenvalue weighted by Gasteiger charge is -2.41. The monoisotopic (exact) mass is 242 g/mol. The first-order valence-corrected chi connectivity index (χ1v) is 5.78. The van der Waals surface area contributed by atoms with Crippen LogP contribution in [-0.4, -0.2) is 53.2 Å². The van der Waals surface area contributed by atoms with Crippen molar-refractivity contribution in [3.05, 3.63) is 0 Å². The summed E-state index contributed by atoms with van der Waals surface area (Å²) in [7, 11) is 1.84. The van der Waals surface area contributed by atoms with Gasteiger partial charge in [0.15, 0.2) is 6.04 Å². The van der Waals surface area contributed by atoms with E-state index in [1.165, 1.54) is 0 Å². The summed E-state index contributed by atoms with van der Waals surface area (Å²) in [5, 5.41) is 9.40. The van der Waals surface area contributed by atoms with Gasteiger partial charge in [-0.15, -0.1) is 0 Å². The molecule has 0 saturated carbocycles. The first-order chi connectivity index (χ1) is 7.68. The minimum Gasteiger partial charge on any atom is -0.458 e. The molecule has 0 aromatic heterocycles. The van der Waals surface area contributed by atoms with Gasteiger partial charge in [-0.2, -0.15) is 0 Å². The van der Waals surface area contributed by atoms with Crippen molar-refractivity contribution in [2.24, 2.45) is 4.99 Å². The van der Waals surface area contributed by atoms with E-state index in [0.717, 1.165) is 0 Å². The first-order valence-electron chi connectivity index (χ1n) is 5.78. The second-order valence-electron chi connectivity index (χ2n) is 5.78. The molecule has 0 radical (unpaired) electrons. The third-order valence-corrected chi connectivity index (χ3v) is 2.92. The van der Waals surface area contributed by atoms with Crippen LogP contribution in [0, 0.1) is 0 Å². The SMILES string of the molecule is CN1C=N[C@H](C(=O)OC(C)(C)C)C[C@]1(C)CO. The van der Waals surface area contributed by atoms with Crippen molar-refractivity contribution in [3.8, 4) is 0 Å². The van der Waals surface area contributed by atoms with Crippen LogP contribution in [0.2, 0.25) is 0 Å². The highest BCUT2D eigenvalue weighted by molar-refractivity contribution is 5.79. The molecule has 0 spiro atoms. The van der Waals surface area contributed by atoms with Gasteiger partial charge in [-0.3, -0.25) is 4.99 Å². The zero-order valence-corrected chi connectivity index (χ0v) is 11.2. The second kappa shape index (κ2) is 4.64. The van der Waals surface area contributed by atoms with Gasteiger partial charge in [0.05, 0.1) is 18.5 Å². The van der Waals surface area contributed by atoms with Gasteiger partial charge < -0.3 is 14.7 Å². The minimum absolute atomic E-state index is 0.0190. The van der Waals surface area contributed by atoms with Crippen LogP contribution in [-0.2, 0) is 9.53 Å². The van der Waals surface area contributed by atoms with Gasteiger partial charge in [-0.1, -0.05) is 0 Å². The van der Waals surface area contributed by atoms with Crippen LogP contribution in [0.5, 0.6) is 0 Å². The fourth-order valence-electron chi connectivity index (χ4n) is 1.62. The third-order valence-electron chi connectivity index (χ3n) is 2.92. The first kappa shape index (κ1) is 14.0. The Hall–Kier alpha value is -1.10. The van der Waals surface area contributed by atoms with E-state index in [1.54, 1.807) is 6.34 Å². The van der Waals surface area contributed by atoms with Gasteiger partial charge in [0.25, 0.3) is 0 Å². The highest BCUT2D eigenvalue weighted by Crippen LogP contribution is 2.25. The van der Waals surface area contributed by atoms with Crippen LogP contribution >= 0.6 is 0 Å². The number of ether oxygens (including phenoxy) is 1. The molecular weight excluding hydrogens is 220 g/mol. The molecule has 0 aromatic carbocycles. The van der Waals surface area contributed by atoms with E-state index in [2.05, 4.69) is 4.99 Å². The van der Waals surface area contributed by atoms with Crippen LogP contribution in [0.25, 0.3) is 0 Å². The standard InChI is InChI=1S/C12H22N2O3/c1-11(2,3)17-10(16)9-6-12(4,7-15)14(5)8-13-9/h8-9,15H,6-7H2,1-5H3/t9-,12+/m0/s1. The normalized spacial score (nSPS) is 29.3. The predicted molar refractivity (Wildman–Crippen MR) is 66.0 cm³/mol. The van der Waals surface area contributed by atoms with E-state index >= 15 is 0 Å². The number of carbonyl (C=O) groups excluding carboxylic acids is 1. The fourth-order valence-corrected chi connectivity index (χ4v) is 1.62. The van der Waals surface area contributed by atoms with Gasteiger partial charge in [-0.25, -0.2) is 4.79 Å². The maximum Gasteiger partial charge on any atom is 0.331 e. The zero-order valence-electron chi connectivity index (χ0n) is 11.2. The Kier molecular flexibility index (Phi) is 3.81. The van der Waals surface area contributed by atoms with Crippen molar-refractivity contribution < 1.29 is 14.6 Å². The van der Waals surface area contributed by atoms with E-state index in [4.69, 9.17) is 4.74 Å². The molecule has 1 aliphatic rings. The predicted octanol–water partition coefficient (Wildman–Crippen LogP) is 0.811. The smallest absolute Gasteiger partial charge is 0.331 e. The van der Waals surface area contributed by atoms with Crippen LogP contribution in [0.4, 0.5) is 0 Å². The number of aliphatic imine (C=N–C) groups is 1. The number of rotatable bonds is 2. The summed E-state index contributed by atoms with van der Waals surface area (Å²) < 4.78 is 5.30. The molecule has 2 atom stereocenters. The Bertz CT molecular complexity index is 322. The maximum atomic E-state index is 11.9. The number of nitrogens with zero attached hydrogens (tertiary/aromatic N) is 2. The van der Waals surface area contributed by atoms with Crippen LogP contribution in [0.3, 0.4) is 0 Å². The minimum atomic E-state index is -0.525. The zero-order chi connectivity index (χ0) is 13.3. The highest BCUT2D eigenvalue weighted by Gasteiger charge is 2.38. The molecule has 98 valence electrons. The molecule has 1 rings (SSSR count). The molecule has 0 saturated heterocycles. The molecule has 5 heteroatoms. The molecule has 0 amide bonds. The Balaban J connectivity index is 2.75. The van der Waals surface area contributed by atoms with Gasteiger partial charge in [0.2, 0.25) is 0 Å². The molecule has 0 aromatic rings. The van der Waals surface area contributed by atoms with E-state index < -0.39 is 17.2 Å². The average molecular weight is 242 g/mol. The lowest BCUT2D eigenvalue weighted by molar-refractivity contribution is -0.157. The van der Waals surface area contributed by atoms with E-state index in [9.17, 15) is 9.90 Å². The average Bonchev–Trinajstić information content (AvgIpc) is 2.19. The fraction of sp³-hybridized carbons (Fsp3) is 0.833. The summed E-state index contributed by atoms with van der Waals surface area (Å²) in [6, 6.07) is -0.525. The second-order valence-corrected chi connectivity index (χ2v) is 5.78. The molecule has 17 heavy (non-hydrogen) atoms. The summed E-state index contributed by atoms with van der Waals surface area (Å²) in [5.41, 5.74) is -0.963. The summed E-state index contributed by atoms with van der Waals surface area (Å²) >= 11 is 0. The Labute approximate surface area is 102 Å². The lowest BCUT2D eigenvalue weighted by atomic mass is 9.91. The van der Waals surface area contributed by atoms with Crippen molar-refractivity contribution in [3.63, 3.8) is 0 Å². The Morgan fingerprint density at radius 2 is 2.24 bits per heavy atom. The third kappa shape index (κ3) is 3.43. The molecule has 5 nitrogen and oxygen atoms in total. The van der Waals surface area contributed by atoms with Crippen molar-refractivity contribution in [2.75, 3.05) is 13.7 Å². The number of likely N-dealkylation sites (N-methyl/N-ethyl adjacent to an activating group) is 1. The number of carbonyl (C=O) groups is 1. The Morgan fingerprint density at radius 1 is 1.65 bits per heavy atom. The largest absolute Gasteiger partial charge is 0.458 e. The molecule has 1 N–H and O–H groups in total. The van der Waals surface area contributed by atoms with E-state index in [1.807, 2.05) is 39.6 Å². The van der Waals surface area contributed by atoms with Crippen molar-refractivity contribution >= 4 is 12.3 Å². The van der Waals surface area contributed by atoms with E-state index in [0.29, 0.717) is 6.42 Å². The van der Waals surface area contributed by atoms with Crippen LogP contribution in [0.1, 0.15) is 34.1 Å². The van der Waals surface area contributed by atoms with Crippen LogP contribution < -0.4 is 0 Å². The molecule has 0 aliphatic carbocycles. The summed E-state index contributed by atoms with van der Waals surface area (Å²) in [5.74, 6) is -0.332. The molecule has 0 fully saturated rings. The summed E-state index contributed by atoms with van der Waals surface area (Å²) in [6.45, 7) is 7.36. The van der Waals surface area contributed by atoms with Gasteiger partial charge in [0.1, 0.15) is 5.60 Å². The van der Waals surface area contributed by atoms with Gasteiger partial charge in [0, 0.05) is 13.5 Å². The van der Waals surface area contributed by atoms with Gasteiger partial charge >= 0.3 is 5.97 Å². The van der Waals surface area contributed by atoms with Crippen molar-refractivity contribution in [1.29, 1.82) is 0 Å². The number of aliphatic hydroxyl groups is 1. The summed E-state index contributed by atoms with van der Waals surface area (Å²) in [6.07, 6.45) is 2.06. The lowest BCUT2D eigenvalue weighted by Crippen LogP contribution is -2.53. The Morgan fingerprint density at radius 3 is 2.71 bits per heavy atom. The quantitative estimate of drug-likeness (QED) is 0.728. The van der Waals surface area contributed by atoms with Crippen molar-refractivity contribution in [2.45, 2.75) is 51.3 Å². The van der Waals surface area contributed by atoms with Crippen molar-refractivity contribution in [1.82, 2.24) is 4.90 Å². The topological polar surface area (TPSA) is 62.1 Å². The molecule has 0 unspecified atom stereocenters. The number of esters is 1.